The highest BCUT2D eigenvalue weighted by molar-refractivity contribution is 5.86. The van der Waals surface area contributed by atoms with E-state index in [2.05, 4.69) is 5.48 Å². The van der Waals surface area contributed by atoms with Gasteiger partial charge in [-0.1, -0.05) is 30.3 Å². The van der Waals surface area contributed by atoms with Crippen molar-refractivity contribution in [3.05, 3.63) is 42.0 Å². The molecule has 0 aromatic heterocycles. The summed E-state index contributed by atoms with van der Waals surface area (Å²) < 4.78 is 5.13. The minimum absolute atomic E-state index is 0.143. The Balaban J connectivity index is 2.50. The lowest BCUT2D eigenvalue weighted by molar-refractivity contribution is -0.150. The minimum atomic E-state index is -0.941. The molecule has 0 aliphatic rings. The molecule has 6 nitrogen and oxygen atoms in total. The zero-order chi connectivity index (χ0) is 17.3. The molecule has 0 saturated carbocycles. The Hall–Kier alpha value is -2.27. The third-order valence-electron chi connectivity index (χ3n) is 2.97. The van der Waals surface area contributed by atoms with Crippen LogP contribution in [0.25, 0.3) is 0 Å². The summed E-state index contributed by atoms with van der Waals surface area (Å²) in [4.78, 5) is 39.1. The van der Waals surface area contributed by atoms with Crippen LogP contribution < -0.4 is 5.48 Å². The second-order valence-electron chi connectivity index (χ2n) is 5.60. The van der Waals surface area contributed by atoms with Crippen LogP contribution in [-0.4, -0.2) is 29.3 Å². The molecule has 0 fully saturated rings. The van der Waals surface area contributed by atoms with Crippen molar-refractivity contribution in [3.63, 3.8) is 0 Å². The van der Waals surface area contributed by atoms with Crippen LogP contribution in [0.3, 0.4) is 0 Å². The molecular weight excluding hydrogens is 298 g/mol. The molecule has 1 N–H and O–H groups in total. The van der Waals surface area contributed by atoms with Crippen LogP contribution in [0, 0.1) is 0 Å². The van der Waals surface area contributed by atoms with Crippen molar-refractivity contribution in [2.24, 2.45) is 0 Å². The van der Waals surface area contributed by atoms with Crippen molar-refractivity contribution in [1.82, 2.24) is 5.48 Å². The summed E-state index contributed by atoms with van der Waals surface area (Å²) in [7, 11) is 0. The van der Waals surface area contributed by atoms with E-state index >= 15 is 0 Å². The van der Waals surface area contributed by atoms with Crippen molar-refractivity contribution in [2.45, 2.75) is 45.4 Å². The van der Waals surface area contributed by atoms with E-state index in [1.807, 2.05) is 30.3 Å². The maximum atomic E-state index is 11.8. The third kappa shape index (κ3) is 7.51. The van der Waals surface area contributed by atoms with Gasteiger partial charge in [-0.05, 0) is 26.3 Å². The predicted octanol–water partition coefficient (Wildman–Crippen LogP) is 1.77. The third-order valence-corrected chi connectivity index (χ3v) is 2.97. The number of ketones is 1. The fourth-order valence-corrected chi connectivity index (χ4v) is 1.63. The van der Waals surface area contributed by atoms with Crippen molar-refractivity contribution >= 4 is 17.7 Å². The van der Waals surface area contributed by atoms with Crippen molar-refractivity contribution < 1.29 is 24.0 Å². The van der Waals surface area contributed by atoms with Crippen molar-refractivity contribution in [1.29, 1.82) is 0 Å². The van der Waals surface area contributed by atoms with Gasteiger partial charge in [0.25, 0.3) is 0 Å². The lowest BCUT2D eigenvalue weighted by atomic mass is 10.1. The van der Waals surface area contributed by atoms with Gasteiger partial charge in [-0.15, -0.1) is 0 Å². The van der Waals surface area contributed by atoms with Gasteiger partial charge in [0.1, 0.15) is 30.0 Å². The first-order valence-corrected chi connectivity index (χ1v) is 7.19. The van der Waals surface area contributed by atoms with Gasteiger partial charge in [0.2, 0.25) is 0 Å². The molecular formula is C17H21NO5. The first kappa shape index (κ1) is 18.8. The van der Waals surface area contributed by atoms with Gasteiger partial charge in [0, 0.05) is 6.08 Å². The standard InChI is InChI=1S/C17H21NO5/c1-13(20)15(18-23-17(2,3)9-10-19)11-16(21)22-12-14-7-5-4-6-8-14/h4-9,15,18H,11-12H2,1-3H3. The first-order chi connectivity index (χ1) is 10.8. The van der Waals surface area contributed by atoms with Crippen LogP contribution >= 0.6 is 0 Å². The summed E-state index contributed by atoms with van der Waals surface area (Å²) in [5.74, 6) is 0.833. The molecule has 0 saturated heterocycles. The molecule has 1 atom stereocenters. The van der Waals surface area contributed by atoms with E-state index in [1.54, 1.807) is 19.8 Å². The summed E-state index contributed by atoms with van der Waals surface area (Å²) in [5, 5.41) is 0. The molecule has 0 bridgehead atoms. The van der Waals surface area contributed by atoms with E-state index in [4.69, 9.17) is 9.57 Å². The lowest BCUT2D eigenvalue weighted by Crippen LogP contribution is -2.42. The molecule has 6 heteroatoms. The molecule has 0 amide bonds. The van der Waals surface area contributed by atoms with Crippen LogP contribution in [0.15, 0.2) is 36.4 Å². The molecule has 0 radical (unpaired) electrons. The van der Waals surface area contributed by atoms with Gasteiger partial charge in [0.05, 0.1) is 6.42 Å². The highest BCUT2D eigenvalue weighted by Crippen LogP contribution is 2.09. The number of ether oxygens (including phenoxy) is 1. The van der Waals surface area contributed by atoms with Gasteiger partial charge in [-0.25, -0.2) is 4.79 Å². The van der Waals surface area contributed by atoms with Gasteiger partial charge in [0.15, 0.2) is 0 Å². The number of rotatable bonds is 9. The van der Waals surface area contributed by atoms with E-state index in [0.29, 0.717) is 0 Å². The van der Waals surface area contributed by atoms with Crippen LogP contribution in [0.1, 0.15) is 32.8 Å². The van der Waals surface area contributed by atoms with Gasteiger partial charge in [-0.2, -0.15) is 5.48 Å². The quantitative estimate of drug-likeness (QED) is 0.424. The Morgan fingerprint density at radius 2 is 1.96 bits per heavy atom. The predicted molar refractivity (Wildman–Crippen MR) is 83.9 cm³/mol. The number of hydrogen-bond donors (Lipinski definition) is 1. The second-order valence-corrected chi connectivity index (χ2v) is 5.60. The van der Waals surface area contributed by atoms with Gasteiger partial charge < -0.3 is 4.74 Å². The van der Waals surface area contributed by atoms with Crippen molar-refractivity contribution in [3.8, 4) is 0 Å². The summed E-state index contributed by atoms with van der Waals surface area (Å²) in [6, 6.07) is 8.39. The number of Topliss-reactive ketones (excluding diaryl/α,β-unsaturated/α-hetero) is 1. The molecule has 0 spiro atoms. The fourth-order valence-electron chi connectivity index (χ4n) is 1.63. The lowest BCUT2D eigenvalue weighted by Gasteiger charge is -2.23. The van der Waals surface area contributed by atoms with E-state index in [0.717, 1.165) is 5.56 Å². The molecule has 1 unspecified atom stereocenters. The van der Waals surface area contributed by atoms with Crippen LogP contribution in [0.4, 0.5) is 0 Å². The second kappa shape index (κ2) is 9.00. The van der Waals surface area contributed by atoms with Gasteiger partial charge >= 0.3 is 5.97 Å². The molecule has 0 aliphatic carbocycles. The number of hydrogen-bond acceptors (Lipinski definition) is 6. The number of esters is 1. The van der Waals surface area contributed by atoms with Crippen LogP contribution in [0.2, 0.25) is 0 Å². The highest BCUT2D eigenvalue weighted by atomic mass is 16.7. The van der Waals surface area contributed by atoms with Gasteiger partial charge in [-0.3, -0.25) is 14.4 Å². The zero-order valence-electron chi connectivity index (χ0n) is 13.5. The maximum Gasteiger partial charge on any atom is 0.308 e. The summed E-state index contributed by atoms with van der Waals surface area (Å²) in [6.07, 6.45) is 1.01. The molecule has 0 aliphatic heterocycles. The Morgan fingerprint density at radius 1 is 1.30 bits per heavy atom. The normalized spacial score (nSPS) is 12.1. The number of nitrogens with one attached hydrogen (secondary N) is 1. The number of carbonyl (C=O) groups excluding carboxylic acids is 3. The summed E-state index contributed by atoms with van der Waals surface area (Å²) in [5.41, 5.74) is 2.43. The average Bonchev–Trinajstić information content (AvgIpc) is 2.50. The van der Waals surface area contributed by atoms with E-state index in [9.17, 15) is 14.4 Å². The largest absolute Gasteiger partial charge is 0.461 e. The van der Waals surface area contributed by atoms with Crippen LogP contribution in [-0.2, 0) is 30.6 Å². The number of hydroxylamine groups is 1. The molecule has 23 heavy (non-hydrogen) atoms. The van der Waals surface area contributed by atoms with Crippen molar-refractivity contribution in [2.75, 3.05) is 0 Å². The molecule has 1 rings (SSSR count). The average molecular weight is 319 g/mol. The molecule has 0 heterocycles. The molecule has 1 aromatic carbocycles. The maximum absolute atomic E-state index is 11.8. The van der Waals surface area contributed by atoms with Crippen LogP contribution in [0.5, 0.6) is 0 Å². The topological polar surface area (TPSA) is 81.7 Å². The van der Waals surface area contributed by atoms with E-state index in [1.165, 1.54) is 13.0 Å². The zero-order valence-corrected chi connectivity index (χ0v) is 13.5. The minimum Gasteiger partial charge on any atom is -0.461 e. The smallest absolute Gasteiger partial charge is 0.308 e. The SMILES string of the molecule is CC(=O)C(CC(=O)OCc1ccccc1)NOC(C)(C)C=C=O. The molecule has 124 valence electrons. The first-order valence-electron chi connectivity index (χ1n) is 7.19. The fraction of sp³-hybridized carbons (Fsp3) is 0.412. The Morgan fingerprint density at radius 3 is 2.52 bits per heavy atom. The monoisotopic (exact) mass is 319 g/mol. The van der Waals surface area contributed by atoms with E-state index < -0.39 is 17.6 Å². The summed E-state index contributed by atoms with van der Waals surface area (Å²) >= 11 is 0. The Labute approximate surface area is 135 Å². The Kier molecular flexibility index (Phi) is 7.35. The number of carbonyl (C=O) groups is 2. The van der Waals surface area contributed by atoms with E-state index in [-0.39, 0.29) is 18.8 Å². The highest BCUT2D eigenvalue weighted by Gasteiger charge is 2.23. The summed E-state index contributed by atoms with van der Waals surface area (Å²) in [6.45, 7) is 4.73. The molecule has 1 aromatic rings. The Bertz CT molecular complexity index is 576. The number of benzene rings is 1.